The van der Waals surface area contributed by atoms with Crippen LogP contribution in [0.5, 0.6) is 11.5 Å². The monoisotopic (exact) mass is 559 g/mol. The highest BCUT2D eigenvalue weighted by Gasteiger charge is 2.38. The summed E-state index contributed by atoms with van der Waals surface area (Å²) in [6.45, 7) is 3.22. The van der Waals surface area contributed by atoms with Crippen molar-refractivity contribution < 1.29 is 45.8 Å². The molecule has 1 aromatic heterocycles. The third-order valence-electron chi connectivity index (χ3n) is 5.35. The Kier molecular flexibility index (Phi) is 9.40. The van der Waals surface area contributed by atoms with Crippen LogP contribution < -0.4 is 10.1 Å². The zero-order chi connectivity index (χ0) is 28.6. The van der Waals surface area contributed by atoms with Gasteiger partial charge in [0, 0.05) is 38.8 Å². The van der Waals surface area contributed by atoms with E-state index in [1.165, 1.54) is 12.1 Å². The SMILES string of the molecule is O=C(Nc1ccn[nH]1)N1CCN(Cc2cccc(Oc3cccc(C(F)(F)F)c3)c2)CC1.O=C(O)C(F)(F)F. The van der Waals surface area contributed by atoms with Crippen molar-refractivity contribution >= 4 is 17.8 Å². The highest BCUT2D eigenvalue weighted by molar-refractivity contribution is 5.88. The molecule has 1 saturated heterocycles. The highest BCUT2D eigenvalue weighted by Crippen LogP contribution is 2.33. The van der Waals surface area contributed by atoms with Gasteiger partial charge in [0.25, 0.3) is 0 Å². The molecule has 1 aliphatic rings. The fraction of sp³-hybridized carbons (Fsp3) is 0.292. The number of urea groups is 1. The number of anilines is 1. The van der Waals surface area contributed by atoms with E-state index in [1.54, 1.807) is 23.2 Å². The lowest BCUT2D eigenvalue weighted by Gasteiger charge is -2.34. The molecule has 0 radical (unpaired) electrons. The number of aromatic nitrogens is 2. The third kappa shape index (κ3) is 9.21. The van der Waals surface area contributed by atoms with Crippen LogP contribution in [0.3, 0.4) is 0 Å². The van der Waals surface area contributed by atoms with E-state index in [9.17, 15) is 31.1 Å². The summed E-state index contributed by atoms with van der Waals surface area (Å²) in [7, 11) is 0. The number of hydrogen-bond donors (Lipinski definition) is 3. The molecule has 3 aromatic rings. The molecule has 39 heavy (non-hydrogen) atoms. The number of rotatable bonds is 5. The van der Waals surface area contributed by atoms with Crippen LogP contribution in [0.2, 0.25) is 0 Å². The maximum atomic E-state index is 12.9. The van der Waals surface area contributed by atoms with Crippen molar-refractivity contribution in [3.05, 3.63) is 71.9 Å². The van der Waals surface area contributed by atoms with E-state index in [1.807, 2.05) is 18.2 Å². The van der Waals surface area contributed by atoms with Gasteiger partial charge in [-0.15, -0.1) is 0 Å². The fourth-order valence-corrected chi connectivity index (χ4v) is 3.47. The largest absolute Gasteiger partial charge is 0.490 e. The number of amides is 2. The first kappa shape index (κ1) is 29.3. The smallest absolute Gasteiger partial charge is 0.475 e. The molecule has 0 atom stereocenters. The van der Waals surface area contributed by atoms with Crippen LogP contribution in [-0.4, -0.2) is 69.5 Å². The number of hydrogen-bond acceptors (Lipinski definition) is 5. The molecule has 210 valence electrons. The van der Waals surface area contributed by atoms with E-state index >= 15 is 0 Å². The highest BCUT2D eigenvalue weighted by atomic mass is 19.4. The quantitative estimate of drug-likeness (QED) is 0.371. The number of aromatic amines is 1. The fourth-order valence-electron chi connectivity index (χ4n) is 3.47. The first-order valence-electron chi connectivity index (χ1n) is 11.3. The molecule has 0 spiro atoms. The minimum absolute atomic E-state index is 0.133. The van der Waals surface area contributed by atoms with Crippen molar-refractivity contribution in [2.45, 2.75) is 18.9 Å². The van der Waals surface area contributed by atoms with Gasteiger partial charge in [-0.2, -0.15) is 31.4 Å². The summed E-state index contributed by atoms with van der Waals surface area (Å²) in [6.07, 6.45) is -7.93. The maximum Gasteiger partial charge on any atom is 0.490 e. The summed E-state index contributed by atoms with van der Waals surface area (Å²) < 4.78 is 76.1. The predicted octanol–water partition coefficient (Wildman–Crippen LogP) is 5.20. The lowest BCUT2D eigenvalue weighted by molar-refractivity contribution is -0.192. The molecule has 0 saturated carbocycles. The van der Waals surface area contributed by atoms with Crippen LogP contribution in [0.4, 0.5) is 37.0 Å². The van der Waals surface area contributed by atoms with Crippen LogP contribution in [0.1, 0.15) is 11.1 Å². The first-order chi connectivity index (χ1) is 18.3. The third-order valence-corrected chi connectivity index (χ3v) is 5.35. The Morgan fingerprint density at radius 3 is 2.13 bits per heavy atom. The van der Waals surface area contributed by atoms with Gasteiger partial charge in [0.05, 0.1) is 11.8 Å². The van der Waals surface area contributed by atoms with Crippen LogP contribution in [0, 0.1) is 0 Å². The van der Waals surface area contributed by atoms with Crippen molar-refractivity contribution in [3.63, 3.8) is 0 Å². The molecule has 4 rings (SSSR count). The number of piperazine rings is 1. The van der Waals surface area contributed by atoms with E-state index in [2.05, 4.69) is 20.4 Å². The average molecular weight is 559 g/mol. The zero-order valence-electron chi connectivity index (χ0n) is 20.1. The summed E-state index contributed by atoms with van der Waals surface area (Å²) in [5.41, 5.74) is 0.227. The number of carbonyl (C=O) groups is 2. The molecular weight excluding hydrogens is 536 g/mol. The van der Waals surface area contributed by atoms with Gasteiger partial charge in [0.1, 0.15) is 17.3 Å². The molecular formula is C24H23F6N5O4. The van der Waals surface area contributed by atoms with Gasteiger partial charge in [-0.1, -0.05) is 18.2 Å². The van der Waals surface area contributed by atoms with Gasteiger partial charge in [-0.25, -0.2) is 9.59 Å². The topological polar surface area (TPSA) is 111 Å². The minimum Gasteiger partial charge on any atom is -0.475 e. The van der Waals surface area contributed by atoms with Gasteiger partial charge < -0.3 is 14.7 Å². The van der Waals surface area contributed by atoms with Crippen LogP contribution in [0.25, 0.3) is 0 Å². The number of H-pyrrole nitrogens is 1. The lowest BCUT2D eigenvalue weighted by Crippen LogP contribution is -2.49. The van der Waals surface area contributed by atoms with Crippen molar-refractivity contribution in [1.29, 1.82) is 0 Å². The molecule has 0 bridgehead atoms. The van der Waals surface area contributed by atoms with E-state index in [-0.39, 0.29) is 11.8 Å². The van der Waals surface area contributed by atoms with Crippen LogP contribution in [-0.2, 0) is 17.5 Å². The van der Waals surface area contributed by atoms with Gasteiger partial charge in [0.2, 0.25) is 0 Å². The number of ether oxygens (including phenoxy) is 1. The Labute approximate surface area is 218 Å². The Bertz CT molecular complexity index is 1240. The molecule has 0 unspecified atom stereocenters. The normalized spacial score (nSPS) is 14.3. The lowest BCUT2D eigenvalue weighted by atomic mass is 10.2. The number of alkyl halides is 6. The number of nitrogens with one attached hydrogen (secondary N) is 2. The molecule has 1 aliphatic heterocycles. The molecule has 3 N–H and O–H groups in total. The Morgan fingerprint density at radius 2 is 1.56 bits per heavy atom. The standard InChI is InChI=1S/C22H22F3N5O2.C2HF3O2/c23-22(24,25)17-4-2-6-19(14-17)32-18-5-1-3-16(13-18)15-29-9-11-30(12-10-29)21(31)27-20-7-8-26-28-20;3-2(4,5)1(6)7/h1-8,13-14H,9-12,15H2,(H2,26,27,28,31);(H,6,7). The van der Waals surface area contributed by atoms with E-state index in [0.29, 0.717) is 44.3 Å². The first-order valence-corrected chi connectivity index (χ1v) is 11.3. The van der Waals surface area contributed by atoms with Gasteiger partial charge >= 0.3 is 24.4 Å². The Hall–Kier alpha value is -4.27. The van der Waals surface area contributed by atoms with Gasteiger partial charge in [-0.05, 0) is 35.9 Å². The molecule has 1 fully saturated rings. The second-order valence-electron chi connectivity index (χ2n) is 8.24. The van der Waals surface area contributed by atoms with Crippen molar-refractivity contribution in [1.82, 2.24) is 20.0 Å². The second kappa shape index (κ2) is 12.5. The average Bonchev–Trinajstić information content (AvgIpc) is 3.37. The predicted molar refractivity (Wildman–Crippen MR) is 126 cm³/mol. The zero-order valence-corrected chi connectivity index (χ0v) is 20.1. The van der Waals surface area contributed by atoms with Crippen molar-refractivity contribution in [2.75, 3.05) is 31.5 Å². The molecule has 2 aromatic carbocycles. The summed E-state index contributed by atoms with van der Waals surface area (Å²) in [5, 5.41) is 16.4. The van der Waals surface area contributed by atoms with E-state index in [4.69, 9.17) is 14.6 Å². The summed E-state index contributed by atoms with van der Waals surface area (Å²) in [5.74, 6) is -1.60. The van der Waals surface area contributed by atoms with E-state index in [0.717, 1.165) is 17.7 Å². The van der Waals surface area contributed by atoms with Crippen molar-refractivity contribution in [3.8, 4) is 11.5 Å². The Balaban J connectivity index is 0.000000532. The number of halogens is 6. The molecule has 2 heterocycles. The number of carboxylic acids is 1. The minimum atomic E-state index is -5.08. The molecule has 0 aliphatic carbocycles. The molecule has 2 amide bonds. The van der Waals surface area contributed by atoms with E-state index < -0.39 is 23.9 Å². The number of carbonyl (C=O) groups excluding carboxylic acids is 1. The second-order valence-corrected chi connectivity index (χ2v) is 8.24. The van der Waals surface area contributed by atoms with Crippen molar-refractivity contribution in [2.24, 2.45) is 0 Å². The summed E-state index contributed by atoms with van der Waals surface area (Å²) in [4.78, 5) is 25.1. The number of nitrogens with zero attached hydrogens (tertiary/aromatic N) is 3. The number of benzene rings is 2. The molecule has 15 heteroatoms. The van der Waals surface area contributed by atoms with Gasteiger partial charge in [0.15, 0.2) is 0 Å². The van der Waals surface area contributed by atoms with Crippen LogP contribution >= 0.6 is 0 Å². The maximum absolute atomic E-state index is 12.9. The van der Waals surface area contributed by atoms with Gasteiger partial charge in [-0.3, -0.25) is 15.3 Å². The van der Waals surface area contributed by atoms with Crippen LogP contribution in [0.15, 0.2) is 60.8 Å². The number of carboxylic acid groups (broad SMARTS) is 1. The summed E-state index contributed by atoms with van der Waals surface area (Å²) in [6, 6.07) is 13.6. The Morgan fingerprint density at radius 1 is 0.949 bits per heavy atom. The number of aliphatic carboxylic acids is 1. The molecule has 9 nitrogen and oxygen atoms in total. The summed E-state index contributed by atoms with van der Waals surface area (Å²) >= 11 is 0.